The second-order valence-electron chi connectivity index (χ2n) is 6.55. The summed E-state index contributed by atoms with van der Waals surface area (Å²) in [5.74, 6) is -0.163. The Hall–Kier alpha value is -2.84. The van der Waals surface area contributed by atoms with Gasteiger partial charge in [-0.1, -0.05) is 30.3 Å². The molecule has 1 aromatic carbocycles. The Bertz CT molecular complexity index is 793. The number of nitrogens with one attached hydrogen (secondary N) is 1. The first-order chi connectivity index (χ1) is 13.4. The number of anilines is 1. The molecule has 1 saturated heterocycles. The van der Waals surface area contributed by atoms with Gasteiger partial charge in [0.1, 0.15) is 0 Å². The van der Waals surface area contributed by atoms with Crippen LogP contribution in [-0.4, -0.2) is 42.3 Å². The van der Waals surface area contributed by atoms with Gasteiger partial charge in [0.25, 0.3) is 0 Å². The summed E-state index contributed by atoms with van der Waals surface area (Å²) in [6.07, 6.45) is -2.14. The van der Waals surface area contributed by atoms with Crippen molar-refractivity contribution in [1.82, 2.24) is 15.3 Å². The lowest BCUT2D eigenvalue weighted by atomic mass is 9.95. The van der Waals surface area contributed by atoms with Crippen LogP contribution in [0.1, 0.15) is 24.4 Å². The molecular weight excluding hydrogens is 373 g/mol. The van der Waals surface area contributed by atoms with Crippen molar-refractivity contribution in [2.45, 2.75) is 25.1 Å². The summed E-state index contributed by atoms with van der Waals surface area (Å²) in [4.78, 5) is 22.8. The van der Waals surface area contributed by atoms with Crippen molar-refractivity contribution >= 4 is 11.9 Å². The molecule has 28 heavy (non-hydrogen) atoms. The quantitative estimate of drug-likeness (QED) is 0.844. The highest BCUT2D eigenvalue weighted by Crippen LogP contribution is 2.33. The number of ether oxygens (including phenoxy) is 1. The molecule has 1 aliphatic heterocycles. The molecule has 2 heterocycles. The molecule has 3 rings (SSSR count). The standard InChI is InChI=1S/C19H21F3N4O2/c1-28-15-7-10-23-18(24-15)26-11-8-14(9-12-26)17(27)25-16(19(20,21)22)13-5-3-2-4-6-13/h2-7,10,14,16H,8-9,11-12H2,1H3,(H,25,27). The summed E-state index contributed by atoms with van der Waals surface area (Å²) in [5.41, 5.74) is 0.0190. The number of piperidine rings is 1. The monoisotopic (exact) mass is 394 g/mol. The van der Waals surface area contributed by atoms with E-state index in [0.29, 0.717) is 37.8 Å². The summed E-state index contributed by atoms with van der Waals surface area (Å²) < 4.78 is 45.4. The molecule has 9 heteroatoms. The number of amides is 1. The molecule has 1 amide bonds. The molecule has 0 aliphatic carbocycles. The zero-order valence-electron chi connectivity index (χ0n) is 15.3. The maximum Gasteiger partial charge on any atom is 0.412 e. The fourth-order valence-electron chi connectivity index (χ4n) is 3.20. The second-order valence-corrected chi connectivity index (χ2v) is 6.55. The summed E-state index contributed by atoms with van der Waals surface area (Å²) in [7, 11) is 1.51. The van der Waals surface area contributed by atoms with E-state index < -0.39 is 24.0 Å². The van der Waals surface area contributed by atoms with Gasteiger partial charge in [-0.05, 0) is 18.4 Å². The third kappa shape index (κ3) is 4.71. The molecule has 1 N–H and O–H groups in total. The van der Waals surface area contributed by atoms with Gasteiger partial charge < -0.3 is 15.0 Å². The van der Waals surface area contributed by atoms with Crippen molar-refractivity contribution < 1.29 is 22.7 Å². The molecule has 0 spiro atoms. The van der Waals surface area contributed by atoms with Crippen molar-refractivity contribution in [2.75, 3.05) is 25.1 Å². The lowest BCUT2D eigenvalue weighted by Crippen LogP contribution is -2.45. The van der Waals surface area contributed by atoms with Crippen molar-refractivity contribution in [3.8, 4) is 5.88 Å². The molecule has 0 saturated carbocycles. The number of carbonyl (C=O) groups is 1. The number of benzene rings is 1. The smallest absolute Gasteiger partial charge is 0.412 e. The third-order valence-electron chi connectivity index (χ3n) is 4.72. The zero-order valence-corrected chi connectivity index (χ0v) is 15.3. The van der Waals surface area contributed by atoms with E-state index in [1.165, 1.54) is 31.4 Å². The molecule has 1 unspecified atom stereocenters. The second kappa shape index (κ2) is 8.45. The van der Waals surface area contributed by atoms with Gasteiger partial charge in [-0.3, -0.25) is 4.79 Å². The van der Waals surface area contributed by atoms with Crippen molar-refractivity contribution in [3.63, 3.8) is 0 Å². The number of hydrogen-bond acceptors (Lipinski definition) is 5. The SMILES string of the molecule is COc1ccnc(N2CCC(C(=O)NC(c3ccccc3)C(F)(F)F)CC2)n1. The first-order valence-corrected chi connectivity index (χ1v) is 8.92. The van der Waals surface area contributed by atoms with Crippen LogP contribution in [-0.2, 0) is 4.79 Å². The fourth-order valence-corrected chi connectivity index (χ4v) is 3.20. The summed E-state index contributed by atoms with van der Waals surface area (Å²) in [5, 5.41) is 2.18. The average molecular weight is 394 g/mol. The van der Waals surface area contributed by atoms with Gasteiger partial charge in [0.05, 0.1) is 7.11 Å². The summed E-state index contributed by atoms with van der Waals surface area (Å²) >= 11 is 0. The van der Waals surface area contributed by atoms with Crippen LogP contribution >= 0.6 is 0 Å². The summed E-state index contributed by atoms with van der Waals surface area (Å²) in [6, 6.07) is 7.02. The van der Waals surface area contributed by atoms with Crippen LogP contribution in [0.4, 0.5) is 19.1 Å². The van der Waals surface area contributed by atoms with E-state index in [0.717, 1.165) is 0 Å². The van der Waals surface area contributed by atoms with Crippen LogP contribution in [0.3, 0.4) is 0 Å². The minimum absolute atomic E-state index is 0.0190. The molecule has 0 bridgehead atoms. The Morgan fingerprint density at radius 2 is 1.89 bits per heavy atom. The van der Waals surface area contributed by atoms with Gasteiger partial charge in [-0.15, -0.1) is 0 Å². The van der Waals surface area contributed by atoms with E-state index in [2.05, 4.69) is 15.3 Å². The number of alkyl halides is 3. The van der Waals surface area contributed by atoms with Crippen molar-refractivity contribution in [2.24, 2.45) is 5.92 Å². The third-order valence-corrected chi connectivity index (χ3v) is 4.72. The van der Waals surface area contributed by atoms with Crippen LogP contribution in [0.15, 0.2) is 42.6 Å². The largest absolute Gasteiger partial charge is 0.481 e. The van der Waals surface area contributed by atoms with Crippen molar-refractivity contribution in [1.29, 1.82) is 0 Å². The van der Waals surface area contributed by atoms with Crippen LogP contribution in [0.5, 0.6) is 5.88 Å². The molecule has 0 radical (unpaired) electrons. The highest BCUT2D eigenvalue weighted by atomic mass is 19.4. The molecular formula is C19H21F3N4O2. The van der Waals surface area contributed by atoms with E-state index in [1.807, 2.05) is 4.90 Å². The Balaban J connectivity index is 1.62. The topological polar surface area (TPSA) is 67.3 Å². The van der Waals surface area contributed by atoms with Gasteiger partial charge in [0.2, 0.25) is 17.7 Å². The van der Waals surface area contributed by atoms with Crippen LogP contribution in [0, 0.1) is 5.92 Å². The highest BCUT2D eigenvalue weighted by Gasteiger charge is 2.42. The maximum absolute atomic E-state index is 13.4. The molecule has 150 valence electrons. The predicted molar refractivity (Wildman–Crippen MR) is 96.9 cm³/mol. The number of halogens is 3. The molecule has 2 aromatic rings. The van der Waals surface area contributed by atoms with E-state index in [4.69, 9.17) is 4.74 Å². The lowest BCUT2D eigenvalue weighted by Gasteiger charge is -2.32. The van der Waals surface area contributed by atoms with E-state index in [1.54, 1.807) is 18.3 Å². The Labute approximate surface area is 160 Å². The Morgan fingerprint density at radius 3 is 2.50 bits per heavy atom. The molecule has 1 aliphatic rings. The number of nitrogens with zero attached hydrogens (tertiary/aromatic N) is 3. The van der Waals surface area contributed by atoms with Crippen LogP contribution < -0.4 is 15.0 Å². The van der Waals surface area contributed by atoms with Gasteiger partial charge in [0.15, 0.2) is 6.04 Å². The van der Waals surface area contributed by atoms with E-state index >= 15 is 0 Å². The lowest BCUT2D eigenvalue weighted by molar-refractivity contribution is -0.164. The molecule has 1 fully saturated rings. The maximum atomic E-state index is 13.4. The van der Waals surface area contributed by atoms with Crippen LogP contribution in [0.2, 0.25) is 0 Å². The van der Waals surface area contributed by atoms with E-state index in [-0.39, 0.29) is 5.56 Å². The van der Waals surface area contributed by atoms with Gasteiger partial charge in [-0.25, -0.2) is 4.98 Å². The Kier molecular flexibility index (Phi) is 6.01. The highest BCUT2D eigenvalue weighted by molar-refractivity contribution is 5.79. The zero-order chi connectivity index (χ0) is 20.1. The normalized spacial score (nSPS) is 16.5. The number of rotatable bonds is 5. The Morgan fingerprint density at radius 1 is 1.21 bits per heavy atom. The number of aromatic nitrogens is 2. The van der Waals surface area contributed by atoms with Gasteiger partial charge in [0, 0.05) is 31.3 Å². The number of carbonyl (C=O) groups excluding carboxylic acids is 1. The van der Waals surface area contributed by atoms with Gasteiger partial charge >= 0.3 is 6.18 Å². The number of hydrogen-bond donors (Lipinski definition) is 1. The number of methoxy groups -OCH3 is 1. The first kappa shape index (κ1) is 19.9. The minimum Gasteiger partial charge on any atom is -0.481 e. The van der Waals surface area contributed by atoms with Crippen molar-refractivity contribution in [3.05, 3.63) is 48.2 Å². The fraction of sp³-hybridized carbons (Fsp3) is 0.421. The first-order valence-electron chi connectivity index (χ1n) is 8.92. The molecule has 1 aromatic heterocycles. The molecule has 6 nitrogen and oxygen atoms in total. The minimum atomic E-state index is -4.56. The van der Waals surface area contributed by atoms with Gasteiger partial charge in [-0.2, -0.15) is 18.2 Å². The summed E-state index contributed by atoms with van der Waals surface area (Å²) in [6.45, 7) is 0.959. The van der Waals surface area contributed by atoms with Crippen LogP contribution in [0.25, 0.3) is 0 Å². The van der Waals surface area contributed by atoms with E-state index in [9.17, 15) is 18.0 Å². The average Bonchev–Trinajstić information content (AvgIpc) is 2.72. The predicted octanol–water partition coefficient (Wildman–Crippen LogP) is 3.12. The molecule has 1 atom stereocenters.